The fraction of sp³-hybridized carbons (Fsp3) is 0.722. The van der Waals surface area contributed by atoms with E-state index in [4.69, 9.17) is 4.74 Å². The number of hydrogen-bond acceptors (Lipinski definition) is 4. The smallest absolute Gasteiger partial charge is 0.0469 e. The van der Waals surface area contributed by atoms with Gasteiger partial charge in [0.15, 0.2) is 0 Å². The fourth-order valence-corrected chi connectivity index (χ4v) is 4.57. The second-order valence-electron chi connectivity index (χ2n) is 7.09. The summed E-state index contributed by atoms with van der Waals surface area (Å²) in [6, 6.07) is 5.88. The Morgan fingerprint density at radius 3 is 2.41 bits per heavy atom. The van der Waals surface area contributed by atoms with Crippen molar-refractivity contribution in [1.82, 2.24) is 14.8 Å². The molecule has 3 aliphatic rings. The summed E-state index contributed by atoms with van der Waals surface area (Å²) in [5.41, 5.74) is 1.40. The second kappa shape index (κ2) is 6.65. The number of rotatable bonds is 4. The van der Waals surface area contributed by atoms with Crippen molar-refractivity contribution in [2.24, 2.45) is 5.92 Å². The van der Waals surface area contributed by atoms with E-state index in [0.717, 1.165) is 37.8 Å². The van der Waals surface area contributed by atoms with Crippen molar-refractivity contribution in [1.29, 1.82) is 0 Å². The summed E-state index contributed by atoms with van der Waals surface area (Å²) in [5.74, 6) is 0.863. The van der Waals surface area contributed by atoms with Crippen LogP contribution in [0, 0.1) is 5.92 Å². The van der Waals surface area contributed by atoms with Gasteiger partial charge < -0.3 is 4.74 Å². The summed E-state index contributed by atoms with van der Waals surface area (Å²) < 4.78 is 5.50. The van der Waals surface area contributed by atoms with Gasteiger partial charge in [0.25, 0.3) is 0 Å². The average molecular weight is 301 g/mol. The Morgan fingerprint density at radius 2 is 1.64 bits per heavy atom. The summed E-state index contributed by atoms with van der Waals surface area (Å²) >= 11 is 0. The van der Waals surface area contributed by atoms with Gasteiger partial charge in [0.1, 0.15) is 0 Å². The Hall–Kier alpha value is -0.970. The monoisotopic (exact) mass is 301 g/mol. The highest BCUT2D eigenvalue weighted by Gasteiger charge is 2.42. The average Bonchev–Trinajstić information content (AvgIpc) is 3.14. The standard InChI is InChI=1S/C18H27N3O/c1-7-19-8-2-15(1)13-20-9-3-18-17(20)4-10-21(18)14-16-5-11-22-12-6-16/h1-2,7-8,16-18H,3-6,9-14H2/t17-,18-/m1/s1. The van der Waals surface area contributed by atoms with E-state index in [1.807, 2.05) is 12.4 Å². The highest BCUT2D eigenvalue weighted by molar-refractivity contribution is 5.11. The van der Waals surface area contributed by atoms with E-state index in [2.05, 4.69) is 26.9 Å². The second-order valence-corrected chi connectivity index (χ2v) is 7.09. The molecular formula is C18H27N3O. The van der Waals surface area contributed by atoms with Gasteiger partial charge in [0.05, 0.1) is 0 Å². The van der Waals surface area contributed by atoms with Crippen molar-refractivity contribution >= 4 is 0 Å². The normalized spacial score (nSPS) is 30.7. The fourth-order valence-electron chi connectivity index (χ4n) is 4.57. The predicted octanol–water partition coefficient (Wildman–Crippen LogP) is 2.16. The quantitative estimate of drug-likeness (QED) is 0.852. The molecule has 0 N–H and O–H groups in total. The van der Waals surface area contributed by atoms with Crippen molar-refractivity contribution in [2.75, 3.05) is 32.8 Å². The van der Waals surface area contributed by atoms with Crippen molar-refractivity contribution in [3.05, 3.63) is 30.1 Å². The number of pyridine rings is 1. The van der Waals surface area contributed by atoms with Crippen LogP contribution in [0.5, 0.6) is 0 Å². The molecule has 0 saturated carbocycles. The molecule has 2 atom stereocenters. The third-order valence-corrected chi connectivity index (χ3v) is 5.77. The van der Waals surface area contributed by atoms with Crippen LogP contribution in [0.25, 0.3) is 0 Å². The van der Waals surface area contributed by atoms with Crippen molar-refractivity contribution in [2.45, 2.75) is 44.3 Å². The number of aromatic nitrogens is 1. The largest absolute Gasteiger partial charge is 0.381 e. The van der Waals surface area contributed by atoms with Gasteiger partial charge in [-0.15, -0.1) is 0 Å². The van der Waals surface area contributed by atoms with E-state index < -0.39 is 0 Å². The number of nitrogens with zero attached hydrogens (tertiary/aromatic N) is 3. The van der Waals surface area contributed by atoms with Gasteiger partial charge in [0, 0.05) is 63.9 Å². The first-order valence-electron chi connectivity index (χ1n) is 8.85. The lowest BCUT2D eigenvalue weighted by atomic mass is 9.99. The molecule has 0 spiro atoms. The van der Waals surface area contributed by atoms with E-state index in [-0.39, 0.29) is 0 Å². The van der Waals surface area contributed by atoms with Crippen LogP contribution in [0.3, 0.4) is 0 Å². The molecule has 1 aromatic heterocycles. The van der Waals surface area contributed by atoms with Gasteiger partial charge in [-0.25, -0.2) is 0 Å². The number of likely N-dealkylation sites (tertiary alicyclic amines) is 2. The van der Waals surface area contributed by atoms with Gasteiger partial charge >= 0.3 is 0 Å². The van der Waals surface area contributed by atoms with Crippen molar-refractivity contribution in [3.63, 3.8) is 0 Å². The molecule has 120 valence electrons. The number of fused-ring (bicyclic) bond motifs is 1. The van der Waals surface area contributed by atoms with Gasteiger partial charge in [-0.3, -0.25) is 14.8 Å². The topological polar surface area (TPSA) is 28.6 Å². The molecule has 0 amide bonds. The molecule has 0 aliphatic carbocycles. The maximum Gasteiger partial charge on any atom is 0.0469 e. The maximum absolute atomic E-state index is 5.50. The zero-order valence-corrected chi connectivity index (χ0v) is 13.4. The van der Waals surface area contributed by atoms with E-state index in [1.165, 1.54) is 50.9 Å². The summed E-state index contributed by atoms with van der Waals surface area (Å²) in [7, 11) is 0. The van der Waals surface area contributed by atoms with Crippen LogP contribution < -0.4 is 0 Å². The van der Waals surface area contributed by atoms with Crippen molar-refractivity contribution in [3.8, 4) is 0 Å². The van der Waals surface area contributed by atoms with Crippen LogP contribution >= 0.6 is 0 Å². The minimum Gasteiger partial charge on any atom is -0.381 e. The van der Waals surface area contributed by atoms with E-state index >= 15 is 0 Å². The van der Waals surface area contributed by atoms with Crippen LogP contribution in [0.2, 0.25) is 0 Å². The Kier molecular flexibility index (Phi) is 4.42. The first-order chi connectivity index (χ1) is 10.9. The Morgan fingerprint density at radius 1 is 0.955 bits per heavy atom. The number of hydrogen-bond donors (Lipinski definition) is 0. The van der Waals surface area contributed by atoms with Gasteiger partial charge in [-0.05, 0) is 49.3 Å². The third-order valence-electron chi connectivity index (χ3n) is 5.77. The molecule has 0 bridgehead atoms. The molecule has 22 heavy (non-hydrogen) atoms. The van der Waals surface area contributed by atoms with Gasteiger partial charge in [-0.1, -0.05) is 0 Å². The van der Waals surface area contributed by atoms with E-state index in [1.54, 1.807) is 0 Å². The molecular weight excluding hydrogens is 274 g/mol. The summed E-state index contributed by atoms with van der Waals surface area (Å²) in [4.78, 5) is 9.61. The molecule has 1 aromatic rings. The zero-order chi connectivity index (χ0) is 14.8. The molecule has 4 heteroatoms. The molecule has 4 nitrogen and oxygen atoms in total. The highest BCUT2D eigenvalue weighted by atomic mass is 16.5. The predicted molar refractivity (Wildman–Crippen MR) is 86.6 cm³/mol. The third kappa shape index (κ3) is 3.05. The zero-order valence-electron chi connectivity index (χ0n) is 13.4. The van der Waals surface area contributed by atoms with Crippen LogP contribution in [0.4, 0.5) is 0 Å². The number of ether oxygens (including phenoxy) is 1. The van der Waals surface area contributed by atoms with Crippen LogP contribution in [-0.4, -0.2) is 59.7 Å². The first-order valence-corrected chi connectivity index (χ1v) is 8.85. The molecule has 3 aliphatic heterocycles. The molecule has 3 fully saturated rings. The molecule has 0 aromatic carbocycles. The molecule has 3 saturated heterocycles. The van der Waals surface area contributed by atoms with Crippen LogP contribution in [-0.2, 0) is 11.3 Å². The minimum atomic E-state index is 0.771. The van der Waals surface area contributed by atoms with Gasteiger partial charge in [0.2, 0.25) is 0 Å². The van der Waals surface area contributed by atoms with Crippen LogP contribution in [0.15, 0.2) is 24.5 Å². The minimum absolute atomic E-state index is 0.771. The highest BCUT2D eigenvalue weighted by Crippen LogP contribution is 2.33. The molecule has 4 rings (SSSR count). The SMILES string of the molecule is c1cc(CN2CC[C@@H]3[C@H]2CCN3CC2CCOCC2)ccn1. The van der Waals surface area contributed by atoms with Crippen molar-refractivity contribution < 1.29 is 4.74 Å². The first kappa shape index (κ1) is 14.6. The van der Waals surface area contributed by atoms with E-state index in [9.17, 15) is 0 Å². The molecule has 0 radical (unpaired) electrons. The molecule has 4 heterocycles. The van der Waals surface area contributed by atoms with E-state index in [0.29, 0.717) is 0 Å². The van der Waals surface area contributed by atoms with Crippen LogP contribution in [0.1, 0.15) is 31.2 Å². The lowest BCUT2D eigenvalue weighted by Crippen LogP contribution is -2.39. The van der Waals surface area contributed by atoms with Gasteiger partial charge in [-0.2, -0.15) is 0 Å². The lowest BCUT2D eigenvalue weighted by molar-refractivity contribution is 0.0504. The summed E-state index contributed by atoms with van der Waals surface area (Å²) in [6.45, 7) is 6.88. The summed E-state index contributed by atoms with van der Waals surface area (Å²) in [6.07, 6.45) is 9.03. The molecule has 0 unspecified atom stereocenters. The summed E-state index contributed by atoms with van der Waals surface area (Å²) in [5, 5.41) is 0. The Labute approximate surface area is 133 Å². The Bertz CT molecular complexity index is 474. The maximum atomic E-state index is 5.50. The Balaban J connectivity index is 1.35. The lowest BCUT2D eigenvalue weighted by Gasteiger charge is -2.30.